The first-order chi connectivity index (χ1) is 11.0. The Balaban J connectivity index is 1.82. The molecule has 3 rings (SSSR count). The van der Waals surface area contributed by atoms with Crippen LogP contribution in [0.5, 0.6) is 5.75 Å². The Morgan fingerprint density at radius 2 is 2.09 bits per heavy atom. The quantitative estimate of drug-likeness (QED) is 0.901. The first kappa shape index (κ1) is 15.7. The van der Waals surface area contributed by atoms with Crippen LogP contribution in [0.15, 0.2) is 12.1 Å². The van der Waals surface area contributed by atoms with Gasteiger partial charge in [0.25, 0.3) is 5.91 Å². The number of ether oxygens (including phenoxy) is 1. The molecule has 124 valence electrons. The molecule has 2 saturated heterocycles. The maximum Gasteiger partial charge on any atom is 0.256 e. The highest BCUT2D eigenvalue weighted by Crippen LogP contribution is 2.38. The number of piperidine rings is 1. The summed E-state index contributed by atoms with van der Waals surface area (Å²) in [5.41, 5.74) is -0.924. The summed E-state index contributed by atoms with van der Waals surface area (Å²) in [5.74, 6) is -3.30. The van der Waals surface area contributed by atoms with Gasteiger partial charge in [0.1, 0.15) is 0 Å². The van der Waals surface area contributed by atoms with Crippen molar-refractivity contribution in [3.05, 3.63) is 29.3 Å². The summed E-state index contributed by atoms with van der Waals surface area (Å²) in [6.45, 7) is 1.25. The summed E-state index contributed by atoms with van der Waals surface area (Å²) in [5, 5.41) is 2.82. The van der Waals surface area contributed by atoms with E-state index in [1.54, 1.807) is 0 Å². The van der Waals surface area contributed by atoms with Crippen LogP contribution in [0.25, 0.3) is 0 Å². The number of nitrogens with one attached hydrogen (secondary N) is 1. The van der Waals surface area contributed by atoms with Crippen LogP contribution in [-0.2, 0) is 4.79 Å². The first-order valence-corrected chi connectivity index (χ1v) is 7.58. The van der Waals surface area contributed by atoms with E-state index in [0.717, 1.165) is 6.42 Å². The minimum Gasteiger partial charge on any atom is -0.494 e. The van der Waals surface area contributed by atoms with Crippen LogP contribution in [0.2, 0.25) is 0 Å². The summed E-state index contributed by atoms with van der Waals surface area (Å²) < 4.78 is 32.6. The van der Waals surface area contributed by atoms with Crippen LogP contribution in [0.4, 0.5) is 8.78 Å². The summed E-state index contributed by atoms with van der Waals surface area (Å²) in [4.78, 5) is 26.1. The summed E-state index contributed by atoms with van der Waals surface area (Å²) in [6, 6.07) is 2.44. The second-order valence-electron chi connectivity index (χ2n) is 6.06. The number of methoxy groups -OCH3 is 1. The minimum absolute atomic E-state index is 0.0552. The predicted molar refractivity (Wildman–Crippen MR) is 78.1 cm³/mol. The Kier molecular flexibility index (Phi) is 3.95. The zero-order chi connectivity index (χ0) is 16.6. The third kappa shape index (κ3) is 2.54. The molecule has 2 heterocycles. The molecule has 1 N–H and O–H groups in total. The van der Waals surface area contributed by atoms with E-state index in [4.69, 9.17) is 4.74 Å². The number of rotatable bonds is 2. The van der Waals surface area contributed by atoms with Gasteiger partial charge in [0.05, 0.1) is 18.1 Å². The van der Waals surface area contributed by atoms with Crippen LogP contribution in [0.1, 0.15) is 29.6 Å². The number of hydrogen-bond donors (Lipinski definition) is 1. The molecule has 7 heteroatoms. The fourth-order valence-electron chi connectivity index (χ4n) is 3.39. The lowest BCUT2D eigenvalue weighted by atomic mass is 9.79. The van der Waals surface area contributed by atoms with Gasteiger partial charge >= 0.3 is 0 Å². The van der Waals surface area contributed by atoms with Crippen LogP contribution in [0.3, 0.4) is 0 Å². The maximum absolute atomic E-state index is 14.1. The molecule has 23 heavy (non-hydrogen) atoms. The standard InChI is InChI=1S/C16H18F2N2O3/c1-23-11-4-3-10(12(17)13(11)18)14(21)20-8-6-16(9-20)5-2-7-19-15(16)22/h3-4H,2,5-9H2,1H3,(H,19,22)/t16-/m0/s1. The molecule has 2 aliphatic heterocycles. The molecule has 1 spiro atoms. The molecule has 0 bridgehead atoms. The van der Waals surface area contributed by atoms with Crippen molar-refractivity contribution in [2.75, 3.05) is 26.7 Å². The molecule has 2 aliphatic rings. The molecule has 0 saturated carbocycles. The van der Waals surface area contributed by atoms with E-state index in [2.05, 4.69) is 5.32 Å². The monoisotopic (exact) mass is 324 g/mol. The van der Waals surface area contributed by atoms with E-state index in [1.165, 1.54) is 24.1 Å². The zero-order valence-electron chi connectivity index (χ0n) is 12.8. The molecule has 5 nitrogen and oxygen atoms in total. The number of nitrogens with zero attached hydrogens (tertiary/aromatic N) is 1. The van der Waals surface area contributed by atoms with Gasteiger partial charge in [-0.15, -0.1) is 0 Å². The van der Waals surface area contributed by atoms with Gasteiger partial charge in [0.15, 0.2) is 11.6 Å². The Hall–Kier alpha value is -2.18. The molecule has 2 amide bonds. The average Bonchev–Trinajstić information content (AvgIpc) is 2.98. The van der Waals surface area contributed by atoms with Gasteiger partial charge in [0, 0.05) is 19.6 Å². The minimum atomic E-state index is -1.22. The number of carbonyl (C=O) groups is 2. The van der Waals surface area contributed by atoms with Crippen molar-refractivity contribution in [2.45, 2.75) is 19.3 Å². The van der Waals surface area contributed by atoms with Crippen LogP contribution in [0, 0.1) is 17.0 Å². The summed E-state index contributed by atoms with van der Waals surface area (Å²) in [6.07, 6.45) is 2.12. The summed E-state index contributed by atoms with van der Waals surface area (Å²) >= 11 is 0. The van der Waals surface area contributed by atoms with Crippen molar-refractivity contribution in [1.29, 1.82) is 0 Å². The van der Waals surface area contributed by atoms with E-state index in [0.29, 0.717) is 25.9 Å². The SMILES string of the molecule is COc1ccc(C(=O)N2CC[C@@]3(CCCNC3=O)C2)c(F)c1F. The van der Waals surface area contributed by atoms with Crippen molar-refractivity contribution in [1.82, 2.24) is 10.2 Å². The van der Waals surface area contributed by atoms with Gasteiger partial charge in [-0.3, -0.25) is 9.59 Å². The van der Waals surface area contributed by atoms with Gasteiger partial charge < -0.3 is 15.0 Å². The Labute approximate surface area is 132 Å². The number of halogens is 2. The highest BCUT2D eigenvalue weighted by Gasteiger charge is 2.47. The third-order valence-corrected chi connectivity index (χ3v) is 4.74. The van der Waals surface area contributed by atoms with Crippen molar-refractivity contribution < 1.29 is 23.1 Å². The van der Waals surface area contributed by atoms with Crippen molar-refractivity contribution in [3.63, 3.8) is 0 Å². The van der Waals surface area contributed by atoms with E-state index in [9.17, 15) is 18.4 Å². The second-order valence-corrected chi connectivity index (χ2v) is 6.06. The number of carbonyl (C=O) groups excluding carboxylic acids is 2. The van der Waals surface area contributed by atoms with Crippen molar-refractivity contribution in [3.8, 4) is 5.75 Å². The van der Waals surface area contributed by atoms with Crippen molar-refractivity contribution in [2.24, 2.45) is 5.41 Å². The Morgan fingerprint density at radius 3 is 2.78 bits per heavy atom. The lowest BCUT2D eigenvalue weighted by Gasteiger charge is -2.32. The molecule has 1 atom stereocenters. The number of amides is 2. The fraction of sp³-hybridized carbons (Fsp3) is 0.500. The topological polar surface area (TPSA) is 58.6 Å². The lowest BCUT2D eigenvalue weighted by Crippen LogP contribution is -2.47. The van der Waals surface area contributed by atoms with Gasteiger partial charge in [-0.2, -0.15) is 4.39 Å². The highest BCUT2D eigenvalue weighted by molar-refractivity contribution is 5.96. The predicted octanol–water partition coefficient (Wildman–Crippen LogP) is 1.72. The molecule has 0 aliphatic carbocycles. The average molecular weight is 324 g/mol. The van der Waals surface area contributed by atoms with Crippen molar-refractivity contribution >= 4 is 11.8 Å². The third-order valence-electron chi connectivity index (χ3n) is 4.74. The van der Waals surface area contributed by atoms with Gasteiger partial charge in [0.2, 0.25) is 11.7 Å². The molecule has 1 aromatic rings. The first-order valence-electron chi connectivity index (χ1n) is 7.58. The highest BCUT2D eigenvalue weighted by atomic mass is 19.2. The Bertz CT molecular complexity index is 665. The number of benzene rings is 1. The maximum atomic E-state index is 14.1. The number of likely N-dealkylation sites (tertiary alicyclic amines) is 1. The van der Waals surface area contributed by atoms with Crippen LogP contribution >= 0.6 is 0 Å². The molecule has 2 fully saturated rings. The van der Waals surface area contributed by atoms with E-state index in [-0.39, 0.29) is 23.8 Å². The Morgan fingerprint density at radius 1 is 1.30 bits per heavy atom. The lowest BCUT2D eigenvalue weighted by molar-refractivity contribution is -0.132. The normalized spacial score (nSPS) is 24.0. The smallest absolute Gasteiger partial charge is 0.256 e. The van der Waals surface area contributed by atoms with Gasteiger partial charge in [-0.05, 0) is 31.4 Å². The molecule has 0 aromatic heterocycles. The molecule has 1 aromatic carbocycles. The molecule has 0 radical (unpaired) electrons. The largest absolute Gasteiger partial charge is 0.494 e. The molecular formula is C16H18F2N2O3. The molecular weight excluding hydrogens is 306 g/mol. The fourth-order valence-corrected chi connectivity index (χ4v) is 3.39. The van der Waals surface area contributed by atoms with E-state index < -0.39 is 23.0 Å². The van der Waals surface area contributed by atoms with Gasteiger partial charge in [-0.25, -0.2) is 4.39 Å². The zero-order valence-corrected chi connectivity index (χ0v) is 12.8. The number of hydrogen-bond acceptors (Lipinski definition) is 3. The van der Waals surface area contributed by atoms with E-state index >= 15 is 0 Å². The van der Waals surface area contributed by atoms with Crippen LogP contribution in [-0.4, -0.2) is 43.5 Å². The van der Waals surface area contributed by atoms with Gasteiger partial charge in [-0.1, -0.05) is 0 Å². The van der Waals surface area contributed by atoms with E-state index in [1.807, 2.05) is 0 Å². The summed E-state index contributed by atoms with van der Waals surface area (Å²) in [7, 11) is 1.23. The second kappa shape index (κ2) is 5.79. The van der Waals surface area contributed by atoms with Crippen LogP contribution < -0.4 is 10.1 Å². The molecule has 0 unspecified atom stereocenters.